The Bertz CT molecular complexity index is 265. The number of hydrogen-bond donors (Lipinski definition) is 0. The quantitative estimate of drug-likeness (QED) is 0.697. The molecule has 0 saturated carbocycles. The second-order valence-corrected chi connectivity index (χ2v) is 4.49. The van der Waals surface area contributed by atoms with Crippen LogP contribution in [0.3, 0.4) is 0 Å². The Balaban J connectivity index is 2.54. The van der Waals surface area contributed by atoms with Gasteiger partial charge in [0.2, 0.25) is 0 Å². The number of thioether (sulfide) groups is 1. The van der Waals surface area contributed by atoms with Crippen molar-refractivity contribution in [3.63, 3.8) is 0 Å². The van der Waals surface area contributed by atoms with Gasteiger partial charge in [-0.2, -0.15) is 0 Å². The standard InChI is InChI=1S/C9H15N2OS/c1-4-11-6-5-10-8(11)13-7-9(2,3)12/h5-6H,4,7H2,1-3H3. The van der Waals surface area contributed by atoms with Crippen molar-refractivity contribution in [2.24, 2.45) is 0 Å². The van der Waals surface area contributed by atoms with E-state index in [1.165, 1.54) is 11.8 Å². The fraction of sp³-hybridized carbons (Fsp3) is 0.667. The van der Waals surface area contributed by atoms with E-state index in [4.69, 9.17) is 0 Å². The highest BCUT2D eigenvalue weighted by atomic mass is 32.2. The summed E-state index contributed by atoms with van der Waals surface area (Å²) < 4.78 is 2.04. The summed E-state index contributed by atoms with van der Waals surface area (Å²) in [6.45, 7) is 6.36. The molecule has 1 radical (unpaired) electrons. The van der Waals surface area contributed by atoms with Gasteiger partial charge in [0, 0.05) is 24.7 Å². The number of aryl methyl sites for hydroxylation is 1. The highest BCUT2D eigenvalue weighted by Crippen LogP contribution is 2.20. The van der Waals surface area contributed by atoms with Crippen LogP contribution in [0.25, 0.3) is 0 Å². The van der Waals surface area contributed by atoms with Crippen molar-refractivity contribution in [3.8, 4) is 0 Å². The van der Waals surface area contributed by atoms with Crippen molar-refractivity contribution >= 4 is 11.8 Å². The summed E-state index contributed by atoms with van der Waals surface area (Å²) in [5, 5.41) is 12.3. The van der Waals surface area contributed by atoms with Gasteiger partial charge in [-0.3, -0.25) is 0 Å². The molecule has 0 saturated heterocycles. The maximum absolute atomic E-state index is 11.3. The van der Waals surface area contributed by atoms with Gasteiger partial charge >= 0.3 is 0 Å². The van der Waals surface area contributed by atoms with E-state index in [1.54, 1.807) is 20.0 Å². The summed E-state index contributed by atoms with van der Waals surface area (Å²) in [6, 6.07) is 0. The molecule has 0 aliphatic rings. The lowest BCUT2D eigenvalue weighted by molar-refractivity contribution is 0.0263. The van der Waals surface area contributed by atoms with Crippen molar-refractivity contribution in [2.45, 2.75) is 38.1 Å². The van der Waals surface area contributed by atoms with E-state index in [1.807, 2.05) is 10.8 Å². The van der Waals surface area contributed by atoms with Crippen LogP contribution in [0.15, 0.2) is 17.6 Å². The molecule has 1 rings (SSSR count). The Hall–Kier alpha value is -0.480. The Labute approximate surface area is 83.2 Å². The summed E-state index contributed by atoms with van der Waals surface area (Å²) in [5.41, 5.74) is -0.880. The van der Waals surface area contributed by atoms with Crippen LogP contribution in [0.4, 0.5) is 0 Å². The lowest BCUT2D eigenvalue weighted by Gasteiger charge is -2.13. The van der Waals surface area contributed by atoms with Crippen molar-refractivity contribution in [1.82, 2.24) is 9.55 Å². The molecular weight excluding hydrogens is 184 g/mol. The topological polar surface area (TPSA) is 37.7 Å². The molecular formula is C9H15N2OS. The van der Waals surface area contributed by atoms with E-state index in [2.05, 4.69) is 11.9 Å². The predicted molar refractivity (Wildman–Crippen MR) is 53.4 cm³/mol. The van der Waals surface area contributed by atoms with Gasteiger partial charge in [-0.1, -0.05) is 11.8 Å². The fourth-order valence-electron chi connectivity index (χ4n) is 0.915. The first-order chi connectivity index (χ1) is 6.03. The van der Waals surface area contributed by atoms with E-state index in [0.717, 1.165) is 11.7 Å². The van der Waals surface area contributed by atoms with Gasteiger partial charge in [-0.05, 0) is 20.8 Å². The van der Waals surface area contributed by atoms with Gasteiger partial charge in [-0.15, -0.1) is 0 Å². The SMILES string of the molecule is CCn1ccnc1SCC(C)(C)[O]. The van der Waals surface area contributed by atoms with Gasteiger partial charge in [-0.25, -0.2) is 10.1 Å². The van der Waals surface area contributed by atoms with Crippen LogP contribution in [-0.2, 0) is 11.7 Å². The summed E-state index contributed by atoms with van der Waals surface area (Å²) in [5.74, 6) is 0.560. The zero-order valence-electron chi connectivity index (χ0n) is 8.28. The van der Waals surface area contributed by atoms with Crippen LogP contribution in [0.2, 0.25) is 0 Å². The first-order valence-corrected chi connectivity index (χ1v) is 5.36. The zero-order chi connectivity index (χ0) is 9.90. The molecule has 0 aliphatic heterocycles. The number of imidazole rings is 1. The third-order valence-corrected chi connectivity index (χ3v) is 3.00. The molecule has 0 amide bonds. The van der Waals surface area contributed by atoms with Crippen LogP contribution >= 0.6 is 11.8 Å². The molecule has 0 bridgehead atoms. The van der Waals surface area contributed by atoms with E-state index in [9.17, 15) is 5.11 Å². The lowest BCUT2D eigenvalue weighted by Crippen LogP contribution is -2.20. The molecule has 0 atom stereocenters. The minimum atomic E-state index is -0.880. The Morgan fingerprint density at radius 1 is 1.62 bits per heavy atom. The molecule has 73 valence electrons. The van der Waals surface area contributed by atoms with Gasteiger partial charge < -0.3 is 4.57 Å². The van der Waals surface area contributed by atoms with Crippen LogP contribution in [0, 0.1) is 0 Å². The highest BCUT2D eigenvalue weighted by molar-refractivity contribution is 7.99. The fourth-order valence-corrected chi connectivity index (χ4v) is 1.88. The second-order valence-electron chi connectivity index (χ2n) is 3.54. The largest absolute Gasteiger partial charge is 0.326 e. The summed E-state index contributed by atoms with van der Waals surface area (Å²) >= 11 is 1.52. The van der Waals surface area contributed by atoms with Crippen molar-refractivity contribution in [1.29, 1.82) is 0 Å². The highest BCUT2D eigenvalue weighted by Gasteiger charge is 2.16. The summed E-state index contributed by atoms with van der Waals surface area (Å²) in [6.07, 6.45) is 3.70. The molecule has 1 aromatic rings. The van der Waals surface area contributed by atoms with Gasteiger partial charge in [0.05, 0.1) is 0 Å². The molecule has 3 nitrogen and oxygen atoms in total. The summed E-state index contributed by atoms with van der Waals surface area (Å²) in [7, 11) is 0. The molecule has 1 aromatic heterocycles. The van der Waals surface area contributed by atoms with Crippen molar-refractivity contribution in [2.75, 3.05) is 5.75 Å². The van der Waals surface area contributed by atoms with E-state index < -0.39 is 5.60 Å². The molecule has 0 fully saturated rings. The third kappa shape index (κ3) is 3.40. The summed E-state index contributed by atoms with van der Waals surface area (Å²) in [4.78, 5) is 4.18. The normalized spacial score (nSPS) is 12.0. The molecule has 0 aromatic carbocycles. The van der Waals surface area contributed by atoms with Crippen LogP contribution in [0.5, 0.6) is 0 Å². The maximum Gasteiger partial charge on any atom is 0.168 e. The monoisotopic (exact) mass is 199 g/mol. The first-order valence-electron chi connectivity index (χ1n) is 4.37. The molecule has 0 N–H and O–H groups in total. The average Bonchev–Trinajstić information content (AvgIpc) is 2.46. The minimum Gasteiger partial charge on any atom is -0.326 e. The molecule has 1 heterocycles. The van der Waals surface area contributed by atoms with E-state index in [-0.39, 0.29) is 0 Å². The average molecular weight is 199 g/mol. The molecule has 0 unspecified atom stereocenters. The first kappa shape index (κ1) is 10.6. The Kier molecular flexibility index (Phi) is 3.39. The van der Waals surface area contributed by atoms with Gasteiger partial charge in [0.1, 0.15) is 5.60 Å². The van der Waals surface area contributed by atoms with Crippen LogP contribution in [0.1, 0.15) is 20.8 Å². The molecule has 0 aliphatic carbocycles. The molecule has 0 spiro atoms. The predicted octanol–water partition coefficient (Wildman–Crippen LogP) is 2.20. The van der Waals surface area contributed by atoms with Crippen molar-refractivity contribution in [3.05, 3.63) is 12.4 Å². The maximum atomic E-state index is 11.3. The lowest BCUT2D eigenvalue weighted by atomic mass is 10.2. The Morgan fingerprint density at radius 3 is 2.85 bits per heavy atom. The number of rotatable bonds is 4. The van der Waals surface area contributed by atoms with Crippen LogP contribution < -0.4 is 0 Å². The smallest absolute Gasteiger partial charge is 0.168 e. The van der Waals surface area contributed by atoms with Gasteiger partial charge in [0.15, 0.2) is 5.16 Å². The Morgan fingerprint density at radius 2 is 2.31 bits per heavy atom. The number of hydrogen-bond acceptors (Lipinski definition) is 2. The second kappa shape index (κ2) is 4.15. The molecule has 4 heteroatoms. The van der Waals surface area contributed by atoms with Crippen molar-refractivity contribution < 1.29 is 5.11 Å². The zero-order valence-corrected chi connectivity index (χ0v) is 9.10. The van der Waals surface area contributed by atoms with Gasteiger partial charge in [0.25, 0.3) is 0 Å². The van der Waals surface area contributed by atoms with Crippen LogP contribution in [-0.4, -0.2) is 20.9 Å². The van der Waals surface area contributed by atoms with E-state index in [0.29, 0.717) is 5.75 Å². The third-order valence-electron chi connectivity index (χ3n) is 1.57. The number of nitrogens with zero attached hydrogens (tertiary/aromatic N) is 2. The number of aromatic nitrogens is 2. The van der Waals surface area contributed by atoms with E-state index >= 15 is 0 Å². The molecule has 13 heavy (non-hydrogen) atoms. The minimum absolute atomic E-state index is 0.560.